The number of aromatic nitrogens is 1. The average Bonchev–Trinajstić information content (AvgIpc) is 3.45. The van der Waals surface area contributed by atoms with Gasteiger partial charge in [-0.2, -0.15) is 11.3 Å². The fraction of sp³-hybridized carbons (Fsp3) is 0.364. The summed E-state index contributed by atoms with van der Waals surface area (Å²) in [7, 11) is 1.66. The van der Waals surface area contributed by atoms with E-state index in [1.165, 1.54) is 11.3 Å². The number of methoxy groups -OCH3 is 1. The summed E-state index contributed by atoms with van der Waals surface area (Å²) in [5.74, 6) is 0.753. The summed E-state index contributed by atoms with van der Waals surface area (Å²) in [6, 6.07) is 10.2. The van der Waals surface area contributed by atoms with Gasteiger partial charge in [0.05, 0.1) is 32.1 Å². The molecule has 3 heterocycles. The van der Waals surface area contributed by atoms with E-state index < -0.39 is 0 Å². The number of morpholine rings is 1. The van der Waals surface area contributed by atoms with Crippen molar-refractivity contribution in [1.29, 1.82) is 0 Å². The van der Waals surface area contributed by atoms with E-state index in [4.69, 9.17) is 9.47 Å². The van der Waals surface area contributed by atoms with Crippen molar-refractivity contribution in [3.8, 4) is 16.3 Å². The number of carbonyl (C=O) groups is 1. The maximum Gasteiger partial charge on any atom is 0.263 e. The van der Waals surface area contributed by atoms with Gasteiger partial charge in [-0.25, -0.2) is 4.98 Å². The first-order valence-corrected chi connectivity index (χ1v) is 11.7. The molecule has 1 aliphatic heterocycles. The molecular formula is C22H25N3O3S2. The van der Waals surface area contributed by atoms with Gasteiger partial charge in [0.15, 0.2) is 0 Å². The number of thiophene rings is 1. The first kappa shape index (κ1) is 21.0. The van der Waals surface area contributed by atoms with Crippen molar-refractivity contribution in [3.63, 3.8) is 0 Å². The van der Waals surface area contributed by atoms with Crippen LogP contribution in [0, 0.1) is 6.92 Å². The Balaban J connectivity index is 1.49. The van der Waals surface area contributed by atoms with Gasteiger partial charge in [-0.15, -0.1) is 11.3 Å². The third kappa shape index (κ3) is 4.73. The fourth-order valence-electron chi connectivity index (χ4n) is 3.56. The van der Waals surface area contributed by atoms with Gasteiger partial charge in [0.2, 0.25) is 0 Å². The molecule has 0 spiro atoms. The van der Waals surface area contributed by atoms with E-state index in [0.717, 1.165) is 40.7 Å². The Morgan fingerprint density at radius 2 is 2.03 bits per heavy atom. The van der Waals surface area contributed by atoms with Gasteiger partial charge in [0.25, 0.3) is 5.91 Å². The standard InChI is InChI=1S/C22H25N3O3S2/c1-15-20(30-22(24-15)17-7-12-29-14-17)21(26)23-13-19(25-8-10-28-11-9-25)16-3-5-18(27-2)6-4-16/h3-7,12,14,19H,8-11,13H2,1-2H3,(H,23,26)/t19-/m0/s1. The Hall–Kier alpha value is -2.26. The predicted molar refractivity (Wildman–Crippen MR) is 121 cm³/mol. The van der Waals surface area contributed by atoms with Crippen LogP contribution < -0.4 is 10.1 Å². The van der Waals surface area contributed by atoms with Crippen molar-refractivity contribution in [2.75, 3.05) is 40.0 Å². The summed E-state index contributed by atoms with van der Waals surface area (Å²) in [4.78, 5) is 20.6. The minimum Gasteiger partial charge on any atom is -0.497 e. The molecule has 3 aromatic rings. The van der Waals surface area contributed by atoms with Gasteiger partial charge < -0.3 is 14.8 Å². The molecule has 1 N–H and O–H groups in total. The Bertz CT molecular complexity index is 964. The maximum absolute atomic E-state index is 13.0. The van der Waals surface area contributed by atoms with Crippen LogP contribution in [0.2, 0.25) is 0 Å². The monoisotopic (exact) mass is 443 g/mol. The van der Waals surface area contributed by atoms with Crippen molar-refractivity contribution in [3.05, 3.63) is 57.2 Å². The van der Waals surface area contributed by atoms with E-state index in [0.29, 0.717) is 24.6 Å². The number of carbonyl (C=O) groups excluding carboxylic acids is 1. The van der Waals surface area contributed by atoms with Gasteiger partial charge in [-0.05, 0) is 36.1 Å². The topological polar surface area (TPSA) is 63.7 Å². The maximum atomic E-state index is 13.0. The number of thiazole rings is 1. The molecule has 1 saturated heterocycles. The molecule has 6 nitrogen and oxygen atoms in total. The molecule has 1 atom stereocenters. The minimum atomic E-state index is -0.0711. The lowest BCUT2D eigenvalue weighted by Crippen LogP contribution is -2.43. The van der Waals surface area contributed by atoms with Crippen molar-refractivity contribution >= 4 is 28.6 Å². The molecule has 30 heavy (non-hydrogen) atoms. The summed E-state index contributed by atoms with van der Waals surface area (Å²) >= 11 is 3.08. The van der Waals surface area contributed by atoms with Crippen LogP contribution >= 0.6 is 22.7 Å². The van der Waals surface area contributed by atoms with E-state index in [-0.39, 0.29) is 11.9 Å². The highest BCUT2D eigenvalue weighted by atomic mass is 32.1. The fourth-order valence-corrected chi connectivity index (χ4v) is 5.25. The van der Waals surface area contributed by atoms with Crippen molar-refractivity contribution in [2.45, 2.75) is 13.0 Å². The van der Waals surface area contributed by atoms with Gasteiger partial charge in [0.1, 0.15) is 15.6 Å². The third-order valence-electron chi connectivity index (χ3n) is 5.21. The number of hydrogen-bond acceptors (Lipinski definition) is 7. The molecule has 0 bridgehead atoms. The number of rotatable bonds is 7. The number of hydrogen-bond donors (Lipinski definition) is 1. The van der Waals surface area contributed by atoms with Gasteiger partial charge in [-0.1, -0.05) is 12.1 Å². The van der Waals surface area contributed by atoms with Crippen LogP contribution in [0.4, 0.5) is 0 Å². The summed E-state index contributed by atoms with van der Waals surface area (Å²) in [6.07, 6.45) is 0. The van der Waals surface area contributed by atoms with Crippen LogP contribution in [-0.4, -0.2) is 55.7 Å². The van der Waals surface area contributed by atoms with E-state index in [1.807, 2.05) is 30.5 Å². The molecule has 0 unspecified atom stereocenters. The smallest absolute Gasteiger partial charge is 0.263 e. The summed E-state index contributed by atoms with van der Waals surface area (Å²) in [5, 5.41) is 8.11. The molecule has 0 saturated carbocycles. The van der Waals surface area contributed by atoms with Crippen LogP contribution in [0.5, 0.6) is 5.75 Å². The second kappa shape index (κ2) is 9.70. The molecule has 4 rings (SSSR count). The number of nitrogens with zero attached hydrogens (tertiary/aromatic N) is 2. The number of amides is 1. The summed E-state index contributed by atoms with van der Waals surface area (Å²) < 4.78 is 10.8. The Morgan fingerprint density at radius 1 is 1.27 bits per heavy atom. The zero-order valence-corrected chi connectivity index (χ0v) is 18.7. The molecular weight excluding hydrogens is 418 g/mol. The Kier molecular flexibility index (Phi) is 6.79. The quantitative estimate of drug-likeness (QED) is 0.598. The molecule has 1 aromatic carbocycles. The molecule has 2 aromatic heterocycles. The Morgan fingerprint density at radius 3 is 2.70 bits per heavy atom. The second-order valence-corrected chi connectivity index (χ2v) is 8.87. The number of aryl methyl sites for hydroxylation is 1. The lowest BCUT2D eigenvalue weighted by atomic mass is 10.0. The number of nitrogens with one attached hydrogen (secondary N) is 1. The highest BCUT2D eigenvalue weighted by Gasteiger charge is 2.24. The zero-order chi connectivity index (χ0) is 20.9. The largest absolute Gasteiger partial charge is 0.497 e. The predicted octanol–water partition coefficient (Wildman–Crippen LogP) is 3.99. The zero-order valence-electron chi connectivity index (χ0n) is 17.1. The molecule has 0 radical (unpaired) electrons. The van der Waals surface area contributed by atoms with E-state index in [9.17, 15) is 4.79 Å². The highest BCUT2D eigenvalue weighted by Crippen LogP contribution is 2.30. The normalized spacial score (nSPS) is 15.7. The van der Waals surface area contributed by atoms with Crippen LogP contribution in [0.1, 0.15) is 27.0 Å². The summed E-state index contributed by atoms with van der Waals surface area (Å²) in [5.41, 5.74) is 2.99. The van der Waals surface area contributed by atoms with E-state index in [1.54, 1.807) is 18.4 Å². The molecule has 0 aliphatic carbocycles. The first-order chi connectivity index (χ1) is 14.7. The van der Waals surface area contributed by atoms with Gasteiger partial charge in [-0.3, -0.25) is 9.69 Å². The van der Waals surface area contributed by atoms with E-state index in [2.05, 4.69) is 32.7 Å². The third-order valence-corrected chi connectivity index (χ3v) is 7.10. The van der Waals surface area contributed by atoms with Crippen molar-refractivity contribution in [2.24, 2.45) is 0 Å². The number of benzene rings is 1. The average molecular weight is 444 g/mol. The minimum absolute atomic E-state index is 0.0711. The van der Waals surface area contributed by atoms with Crippen LogP contribution in [0.15, 0.2) is 41.1 Å². The SMILES string of the molecule is COc1ccc([C@H](CNC(=O)c2sc(-c3ccsc3)nc2C)N2CCOCC2)cc1. The highest BCUT2D eigenvalue weighted by molar-refractivity contribution is 7.17. The van der Waals surface area contributed by atoms with Crippen LogP contribution in [-0.2, 0) is 4.74 Å². The first-order valence-electron chi connectivity index (χ1n) is 9.89. The van der Waals surface area contributed by atoms with Gasteiger partial charge >= 0.3 is 0 Å². The lowest BCUT2D eigenvalue weighted by molar-refractivity contribution is 0.0162. The van der Waals surface area contributed by atoms with Crippen molar-refractivity contribution < 1.29 is 14.3 Å². The molecule has 158 valence electrons. The Labute approximate surface area is 184 Å². The van der Waals surface area contributed by atoms with E-state index >= 15 is 0 Å². The summed E-state index contributed by atoms with van der Waals surface area (Å²) in [6.45, 7) is 5.51. The van der Waals surface area contributed by atoms with Gasteiger partial charge in [0, 0.05) is 30.6 Å². The number of ether oxygens (including phenoxy) is 2. The van der Waals surface area contributed by atoms with Crippen molar-refractivity contribution in [1.82, 2.24) is 15.2 Å². The molecule has 1 fully saturated rings. The molecule has 8 heteroatoms. The van der Waals surface area contributed by atoms with Crippen LogP contribution in [0.3, 0.4) is 0 Å². The van der Waals surface area contributed by atoms with Crippen LogP contribution in [0.25, 0.3) is 10.6 Å². The molecule has 1 amide bonds. The second-order valence-electron chi connectivity index (χ2n) is 7.09. The lowest BCUT2D eigenvalue weighted by Gasteiger charge is -2.35. The molecule has 1 aliphatic rings.